The molecule has 28 heavy (non-hydrogen) atoms. The summed E-state index contributed by atoms with van der Waals surface area (Å²) < 4.78 is 0. The largest absolute Gasteiger partial charge is 0.361 e. The summed E-state index contributed by atoms with van der Waals surface area (Å²) in [6, 6.07) is 29.7. The molecule has 0 aromatic heterocycles. The van der Waals surface area contributed by atoms with Crippen molar-refractivity contribution in [2.75, 3.05) is 5.32 Å². The first-order chi connectivity index (χ1) is 13.8. The van der Waals surface area contributed by atoms with Crippen LogP contribution in [0.25, 0.3) is 11.1 Å². The molecular weight excluding hydrogens is 338 g/mol. The zero-order valence-corrected chi connectivity index (χ0v) is 16.0. The standard InChI is InChI=1S/C27H23N/c1-21-12-10-11-19-28-26-18-9-8-17-24(26)27(23-15-6-3-7-16-23)25(20-21)22-13-4-2-5-14-22/h2-20,28H,1H3/b12-10-,19-11+,21-20-,27-25+. The maximum atomic E-state index is 3.46. The number of nitrogens with one attached hydrogen (secondary N) is 1. The van der Waals surface area contributed by atoms with Crippen LogP contribution in [0.5, 0.6) is 0 Å². The normalized spacial score (nSPS) is 20.7. The van der Waals surface area contributed by atoms with Crippen molar-refractivity contribution in [2.24, 2.45) is 0 Å². The van der Waals surface area contributed by atoms with Gasteiger partial charge in [0, 0.05) is 17.5 Å². The number of hydrogen-bond acceptors (Lipinski definition) is 1. The van der Waals surface area contributed by atoms with E-state index in [-0.39, 0.29) is 0 Å². The third-order valence-electron chi connectivity index (χ3n) is 4.79. The van der Waals surface area contributed by atoms with Gasteiger partial charge in [-0.05, 0) is 41.3 Å². The molecule has 0 radical (unpaired) electrons. The quantitative estimate of drug-likeness (QED) is 0.514. The van der Waals surface area contributed by atoms with Crippen LogP contribution in [0.1, 0.15) is 23.6 Å². The van der Waals surface area contributed by atoms with Gasteiger partial charge in [0.2, 0.25) is 0 Å². The van der Waals surface area contributed by atoms with Crippen LogP contribution < -0.4 is 5.32 Å². The topological polar surface area (TPSA) is 12.0 Å². The number of rotatable bonds is 2. The van der Waals surface area contributed by atoms with Crippen molar-refractivity contribution in [3.8, 4) is 0 Å². The van der Waals surface area contributed by atoms with E-state index in [0.717, 1.165) is 5.69 Å². The van der Waals surface area contributed by atoms with Crippen molar-refractivity contribution >= 4 is 16.8 Å². The maximum Gasteiger partial charge on any atom is 0.0459 e. The Morgan fingerprint density at radius 2 is 1.29 bits per heavy atom. The number of anilines is 1. The van der Waals surface area contributed by atoms with Gasteiger partial charge in [-0.1, -0.05) is 103 Å². The molecule has 0 fully saturated rings. The summed E-state index contributed by atoms with van der Waals surface area (Å²) in [5.41, 5.74) is 8.32. The molecule has 0 unspecified atom stereocenters. The van der Waals surface area contributed by atoms with Gasteiger partial charge in [-0.2, -0.15) is 0 Å². The van der Waals surface area contributed by atoms with Gasteiger partial charge in [0.15, 0.2) is 0 Å². The summed E-state index contributed by atoms with van der Waals surface area (Å²) >= 11 is 0. The van der Waals surface area contributed by atoms with Gasteiger partial charge in [-0.15, -0.1) is 0 Å². The van der Waals surface area contributed by atoms with Gasteiger partial charge in [0.1, 0.15) is 0 Å². The Hall–Kier alpha value is -3.58. The van der Waals surface area contributed by atoms with Crippen molar-refractivity contribution in [1.29, 1.82) is 0 Å². The average molecular weight is 361 g/mol. The Balaban J connectivity index is 2.11. The van der Waals surface area contributed by atoms with Crippen LogP contribution in [0, 0.1) is 0 Å². The Morgan fingerprint density at radius 1 is 0.643 bits per heavy atom. The second-order valence-corrected chi connectivity index (χ2v) is 6.82. The predicted octanol–water partition coefficient (Wildman–Crippen LogP) is 7.09. The lowest BCUT2D eigenvalue weighted by atomic mass is 9.87. The molecule has 1 aliphatic heterocycles. The zero-order chi connectivity index (χ0) is 19.2. The van der Waals surface area contributed by atoms with Crippen molar-refractivity contribution < 1.29 is 0 Å². The highest BCUT2D eigenvalue weighted by atomic mass is 14.8. The van der Waals surface area contributed by atoms with Gasteiger partial charge in [-0.25, -0.2) is 0 Å². The molecule has 0 atom stereocenters. The molecule has 0 spiro atoms. The first-order valence-electron chi connectivity index (χ1n) is 9.55. The average Bonchev–Trinajstić information content (AvgIpc) is 2.78. The fourth-order valence-corrected chi connectivity index (χ4v) is 3.48. The second kappa shape index (κ2) is 8.41. The minimum absolute atomic E-state index is 1.09. The fourth-order valence-electron chi connectivity index (χ4n) is 3.48. The summed E-state index contributed by atoms with van der Waals surface area (Å²) in [5, 5.41) is 3.46. The summed E-state index contributed by atoms with van der Waals surface area (Å²) in [6.07, 6.45) is 10.5. The SMILES string of the molecule is CC1=C/C(c2ccccc2)=C(/c2ccccc2)c2ccccc2N/C=C/C=C\1. The number of para-hydroxylation sites is 1. The van der Waals surface area contributed by atoms with Crippen LogP contribution >= 0.6 is 0 Å². The van der Waals surface area contributed by atoms with Crippen LogP contribution in [0.4, 0.5) is 5.69 Å². The molecule has 0 bridgehead atoms. The van der Waals surface area contributed by atoms with E-state index in [1.165, 1.54) is 33.4 Å². The highest BCUT2D eigenvalue weighted by molar-refractivity contribution is 6.05. The minimum Gasteiger partial charge on any atom is -0.361 e. The number of benzene rings is 3. The summed E-state index contributed by atoms with van der Waals surface area (Å²) in [7, 11) is 0. The second-order valence-electron chi connectivity index (χ2n) is 6.82. The molecule has 136 valence electrons. The van der Waals surface area contributed by atoms with Crippen LogP contribution in [-0.2, 0) is 0 Å². The third kappa shape index (κ3) is 3.89. The van der Waals surface area contributed by atoms with Gasteiger partial charge in [0.05, 0.1) is 0 Å². The Labute approximate surface area is 167 Å². The molecular formula is C27H23N. The van der Waals surface area contributed by atoms with Gasteiger partial charge in [0.25, 0.3) is 0 Å². The van der Waals surface area contributed by atoms with Gasteiger partial charge in [-0.3, -0.25) is 0 Å². The smallest absolute Gasteiger partial charge is 0.0459 e. The lowest BCUT2D eigenvalue weighted by Gasteiger charge is -2.18. The summed E-state index contributed by atoms with van der Waals surface area (Å²) in [5.74, 6) is 0. The van der Waals surface area contributed by atoms with E-state index in [1.54, 1.807) is 0 Å². The summed E-state index contributed by atoms with van der Waals surface area (Å²) in [4.78, 5) is 0. The molecule has 0 saturated heterocycles. The molecule has 4 rings (SSSR count). The molecule has 1 heterocycles. The van der Waals surface area contributed by atoms with Crippen LogP contribution in [0.15, 0.2) is 121 Å². The Kier molecular flexibility index (Phi) is 5.35. The van der Waals surface area contributed by atoms with Crippen LogP contribution in [0.2, 0.25) is 0 Å². The molecule has 0 amide bonds. The molecule has 1 heteroatoms. The first-order valence-corrected chi connectivity index (χ1v) is 9.55. The number of hydrogen-bond donors (Lipinski definition) is 1. The van der Waals surface area contributed by atoms with E-state index in [1.807, 2.05) is 12.3 Å². The van der Waals surface area contributed by atoms with Crippen molar-refractivity contribution in [3.05, 3.63) is 138 Å². The lowest BCUT2D eigenvalue weighted by molar-refractivity contribution is 1.49. The number of allylic oxidation sites excluding steroid dienone is 6. The first kappa shape index (κ1) is 17.8. The third-order valence-corrected chi connectivity index (χ3v) is 4.79. The Bertz CT molecular complexity index is 1070. The van der Waals surface area contributed by atoms with Crippen molar-refractivity contribution in [2.45, 2.75) is 6.92 Å². The highest BCUT2D eigenvalue weighted by Crippen LogP contribution is 2.37. The van der Waals surface area contributed by atoms with Crippen molar-refractivity contribution in [1.82, 2.24) is 0 Å². The lowest BCUT2D eigenvalue weighted by Crippen LogP contribution is -1.99. The summed E-state index contributed by atoms with van der Waals surface area (Å²) in [6.45, 7) is 2.15. The monoisotopic (exact) mass is 361 g/mol. The predicted molar refractivity (Wildman–Crippen MR) is 121 cm³/mol. The fraction of sp³-hybridized carbons (Fsp3) is 0.0370. The van der Waals surface area contributed by atoms with E-state index in [2.05, 4.69) is 115 Å². The van der Waals surface area contributed by atoms with E-state index in [9.17, 15) is 0 Å². The van der Waals surface area contributed by atoms with Gasteiger partial charge < -0.3 is 5.32 Å². The molecule has 0 saturated carbocycles. The molecule has 1 nitrogen and oxygen atoms in total. The molecule has 3 aromatic rings. The van der Waals surface area contributed by atoms with Gasteiger partial charge >= 0.3 is 0 Å². The van der Waals surface area contributed by atoms with E-state index in [0.29, 0.717) is 0 Å². The van der Waals surface area contributed by atoms with E-state index >= 15 is 0 Å². The Morgan fingerprint density at radius 3 is 2.04 bits per heavy atom. The molecule has 1 aliphatic rings. The highest BCUT2D eigenvalue weighted by Gasteiger charge is 2.15. The van der Waals surface area contributed by atoms with Crippen LogP contribution in [0.3, 0.4) is 0 Å². The van der Waals surface area contributed by atoms with E-state index in [4.69, 9.17) is 0 Å². The maximum absolute atomic E-state index is 3.46. The number of fused-ring (bicyclic) bond motifs is 1. The molecule has 3 aromatic carbocycles. The minimum atomic E-state index is 1.09. The zero-order valence-electron chi connectivity index (χ0n) is 16.0. The van der Waals surface area contributed by atoms with Crippen molar-refractivity contribution in [3.63, 3.8) is 0 Å². The molecule has 1 N–H and O–H groups in total. The van der Waals surface area contributed by atoms with E-state index < -0.39 is 0 Å². The molecule has 0 aliphatic carbocycles. The van der Waals surface area contributed by atoms with Crippen LogP contribution in [-0.4, -0.2) is 0 Å².